The molecule has 0 aromatic carbocycles. The molecule has 2 N–H and O–H groups in total. The summed E-state index contributed by atoms with van der Waals surface area (Å²) in [5.74, 6) is 1.57. The van der Waals surface area contributed by atoms with E-state index in [4.69, 9.17) is 5.73 Å². The van der Waals surface area contributed by atoms with E-state index in [1.54, 1.807) is 6.07 Å². The molecule has 0 bridgehead atoms. The summed E-state index contributed by atoms with van der Waals surface area (Å²) in [6.45, 7) is 8.08. The molecule has 0 radical (unpaired) electrons. The minimum Gasteiger partial charge on any atom is -0.384 e. The zero-order valence-electron chi connectivity index (χ0n) is 13.4. The predicted molar refractivity (Wildman–Crippen MR) is 86.3 cm³/mol. The highest BCUT2D eigenvalue weighted by Gasteiger charge is 2.21. The van der Waals surface area contributed by atoms with Crippen LogP contribution in [0.15, 0.2) is 12.1 Å². The van der Waals surface area contributed by atoms with Crippen LogP contribution in [-0.4, -0.2) is 28.9 Å². The third-order valence-corrected chi connectivity index (χ3v) is 4.42. The number of hydrogen-bond donors (Lipinski definition) is 1. The summed E-state index contributed by atoms with van der Waals surface area (Å²) >= 11 is 0. The lowest BCUT2D eigenvalue weighted by Crippen LogP contribution is -2.32. The molecule has 1 aromatic rings. The molecule has 2 rings (SSSR count). The fourth-order valence-corrected chi connectivity index (χ4v) is 2.95. The third kappa shape index (κ3) is 3.96. The normalized spacial score (nSPS) is 19.6. The Balaban J connectivity index is 2.16. The van der Waals surface area contributed by atoms with Crippen LogP contribution < -0.4 is 5.73 Å². The van der Waals surface area contributed by atoms with E-state index in [0.29, 0.717) is 11.4 Å². The zero-order chi connectivity index (χ0) is 15.4. The smallest absolute Gasteiger partial charge is 0.254 e. The van der Waals surface area contributed by atoms with Crippen LogP contribution in [0.4, 0.5) is 5.82 Å². The molecule has 1 amide bonds. The Kier molecular flexibility index (Phi) is 5.21. The van der Waals surface area contributed by atoms with Crippen molar-refractivity contribution >= 4 is 11.7 Å². The summed E-state index contributed by atoms with van der Waals surface area (Å²) in [5, 5.41) is 0. The molecule has 116 valence electrons. The third-order valence-electron chi connectivity index (χ3n) is 4.42. The second kappa shape index (κ2) is 6.92. The van der Waals surface area contributed by atoms with Gasteiger partial charge in [0.15, 0.2) is 0 Å². The Bertz CT molecular complexity index is 499. The number of nitrogen functional groups attached to an aromatic ring is 1. The van der Waals surface area contributed by atoms with Crippen molar-refractivity contribution in [3.63, 3.8) is 0 Å². The van der Waals surface area contributed by atoms with Crippen LogP contribution in [0.2, 0.25) is 0 Å². The summed E-state index contributed by atoms with van der Waals surface area (Å²) < 4.78 is 0. The van der Waals surface area contributed by atoms with Gasteiger partial charge in [-0.25, -0.2) is 4.98 Å². The minimum absolute atomic E-state index is 0.0998. The van der Waals surface area contributed by atoms with Crippen molar-refractivity contribution in [3.8, 4) is 0 Å². The molecule has 1 saturated heterocycles. The van der Waals surface area contributed by atoms with E-state index in [9.17, 15) is 4.79 Å². The average molecular weight is 289 g/mol. The molecule has 4 nitrogen and oxygen atoms in total. The van der Waals surface area contributed by atoms with Crippen LogP contribution in [0, 0.1) is 5.92 Å². The van der Waals surface area contributed by atoms with Gasteiger partial charge < -0.3 is 10.6 Å². The number of carbonyl (C=O) groups excluding carboxylic acids is 1. The van der Waals surface area contributed by atoms with E-state index in [1.165, 1.54) is 12.8 Å². The van der Waals surface area contributed by atoms with E-state index in [0.717, 1.165) is 37.5 Å². The minimum atomic E-state index is 0.0998. The van der Waals surface area contributed by atoms with Gasteiger partial charge >= 0.3 is 0 Å². The molecule has 1 unspecified atom stereocenters. The molecule has 0 spiro atoms. The van der Waals surface area contributed by atoms with E-state index >= 15 is 0 Å². The second-order valence-electron chi connectivity index (χ2n) is 6.36. The molecule has 1 aliphatic heterocycles. The number of amides is 1. The Labute approximate surface area is 127 Å². The van der Waals surface area contributed by atoms with Crippen molar-refractivity contribution in [2.24, 2.45) is 5.92 Å². The van der Waals surface area contributed by atoms with Gasteiger partial charge in [0, 0.05) is 24.3 Å². The molecule has 0 saturated carbocycles. The van der Waals surface area contributed by atoms with Gasteiger partial charge in [0.05, 0.1) is 0 Å². The maximum Gasteiger partial charge on any atom is 0.254 e. The lowest BCUT2D eigenvalue weighted by atomic mass is 9.98. The quantitative estimate of drug-likeness (QED) is 0.927. The first-order chi connectivity index (χ1) is 10.0. The predicted octanol–water partition coefficient (Wildman–Crippen LogP) is 3.44. The van der Waals surface area contributed by atoms with Gasteiger partial charge in [0.1, 0.15) is 5.82 Å². The number of anilines is 1. The Morgan fingerprint density at radius 3 is 2.81 bits per heavy atom. The number of nitrogens with zero attached hydrogens (tertiary/aromatic N) is 2. The number of nitrogens with two attached hydrogens (primary N) is 1. The standard InChI is InChI=1S/C17H27N3O/c1-4-13-6-5-8-20(9-7-13)17(21)14-10-15(12(2)3)19-16(18)11-14/h10-13H,4-9H2,1-3H3,(H2,18,19). The number of likely N-dealkylation sites (tertiary alicyclic amines) is 1. The fraction of sp³-hybridized carbons (Fsp3) is 0.647. The Hall–Kier alpha value is -1.58. The van der Waals surface area contributed by atoms with Crippen LogP contribution >= 0.6 is 0 Å². The second-order valence-corrected chi connectivity index (χ2v) is 6.36. The average Bonchev–Trinajstić information content (AvgIpc) is 2.71. The van der Waals surface area contributed by atoms with Gasteiger partial charge in [-0.3, -0.25) is 4.79 Å². The zero-order valence-corrected chi connectivity index (χ0v) is 13.4. The fourth-order valence-electron chi connectivity index (χ4n) is 2.95. The van der Waals surface area contributed by atoms with E-state index in [1.807, 2.05) is 11.0 Å². The summed E-state index contributed by atoms with van der Waals surface area (Å²) in [6.07, 6.45) is 4.65. The lowest BCUT2D eigenvalue weighted by molar-refractivity contribution is 0.0759. The molecular formula is C17H27N3O. The summed E-state index contributed by atoms with van der Waals surface area (Å²) in [4.78, 5) is 19.0. The van der Waals surface area contributed by atoms with Gasteiger partial charge in [-0.1, -0.05) is 27.2 Å². The molecule has 1 atom stereocenters. The van der Waals surface area contributed by atoms with Gasteiger partial charge in [0.2, 0.25) is 0 Å². The molecule has 1 fully saturated rings. The molecule has 21 heavy (non-hydrogen) atoms. The van der Waals surface area contributed by atoms with Crippen molar-refractivity contribution < 1.29 is 4.79 Å². The van der Waals surface area contributed by atoms with Crippen molar-refractivity contribution in [2.45, 2.75) is 52.4 Å². The molecule has 0 aliphatic carbocycles. The van der Waals surface area contributed by atoms with Gasteiger partial charge in [-0.15, -0.1) is 0 Å². The first kappa shape index (κ1) is 15.8. The molecule has 1 aliphatic rings. The number of rotatable bonds is 3. The van der Waals surface area contributed by atoms with Crippen molar-refractivity contribution in [1.82, 2.24) is 9.88 Å². The summed E-state index contributed by atoms with van der Waals surface area (Å²) in [6, 6.07) is 3.60. The highest BCUT2D eigenvalue weighted by molar-refractivity contribution is 5.95. The first-order valence-electron chi connectivity index (χ1n) is 8.08. The Morgan fingerprint density at radius 2 is 2.14 bits per heavy atom. The number of hydrogen-bond acceptors (Lipinski definition) is 3. The van der Waals surface area contributed by atoms with Crippen LogP contribution in [0.25, 0.3) is 0 Å². The van der Waals surface area contributed by atoms with E-state index in [-0.39, 0.29) is 11.8 Å². The van der Waals surface area contributed by atoms with Crippen molar-refractivity contribution in [2.75, 3.05) is 18.8 Å². The van der Waals surface area contributed by atoms with Crippen molar-refractivity contribution in [1.29, 1.82) is 0 Å². The SMILES string of the molecule is CCC1CCCN(C(=O)c2cc(N)nc(C(C)C)c2)CC1. The van der Waals surface area contributed by atoms with Gasteiger partial charge in [-0.2, -0.15) is 0 Å². The first-order valence-corrected chi connectivity index (χ1v) is 8.08. The largest absolute Gasteiger partial charge is 0.384 e. The number of pyridine rings is 1. The van der Waals surface area contributed by atoms with Gasteiger partial charge in [-0.05, 0) is 43.2 Å². The maximum atomic E-state index is 12.7. The van der Waals surface area contributed by atoms with Crippen LogP contribution in [0.1, 0.15) is 68.4 Å². The number of carbonyl (C=O) groups is 1. The summed E-state index contributed by atoms with van der Waals surface area (Å²) in [7, 11) is 0. The Morgan fingerprint density at radius 1 is 1.38 bits per heavy atom. The molecule has 4 heteroatoms. The number of aromatic nitrogens is 1. The molecule has 2 heterocycles. The van der Waals surface area contributed by atoms with Crippen LogP contribution in [0.5, 0.6) is 0 Å². The van der Waals surface area contributed by atoms with Gasteiger partial charge in [0.25, 0.3) is 5.91 Å². The topological polar surface area (TPSA) is 59.2 Å². The lowest BCUT2D eigenvalue weighted by Gasteiger charge is -2.21. The summed E-state index contributed by atoms with van der Waals surface area (Å²) in [5.41, 5.74) is 7.43. The van der Waals surface area contributed by atoms with Crippen molar-refractivity contribution in [3.05, 3.63) is 23.4 Å². The van der Waals surface area contributed by atoms with Crippen LogP contribution in [-0.2, 0) is 0 Å². The van der Waals surface area contributed by atoms with E-state index < -0.39 is 0 Å². The highest BCUT2D eigenvalue weighted by atomic mass is 16.2. The van der Waals surface area contributed by atoms with E-state index in [2.05, 4.69) is 25.8 Å². The van der Waals surface area contributed by atoms with Crippen LogP contribution in [0.3, 0.4) is 0 Å². The highest BCUT2D eigenvalue weighted by Crippen LogP contribution is 2.23. The monoisotopic (exact) mass is 289 g/mol. The molecule has 1 aromatic heterocycles. The molecular weight excluding hydrogens is 262 g/mol. The maximum absolute atomic E-state index is 12.7.